The van der Waals surface area contributed by atoms with Crippen molar-refractivity contribution in [2.75, 3.05) is 0 Å². The minimum atomic E-state index is -0.149. The molecule has 0 atom stereocenters. The zero-order valence-electron chi connectivity index (χ0n) is 10.5. The number of pyridine rings is 1. The van der Waals surface area contributed by atoms with Gasteiger partial charge in [-0.1, -0.05) is 13.8 Å². The van der Waals surface area contributed by atoms with Gasteiger partial charge in [0.15, 0.2) is 0 Å². The van der Waals surface area contributed by atoms with Gasteiger partial charge in [-0.25, -0.2) is 4.98 Å². The summed E-state index contributed by atoms with van der Waals surface area (Å²) in [4.78, 5) is 22.7. The number of hydrogen-bond acceptors (Lipinski definition) is 4. The summed E-state index contributed by atoms with van der Waals surface area (Å²) in [6.45, 7) is 4.68. The van der Waals surface area contributed by atoms with Crippen LogP contribution in [0, 0.1) is 0 Å². The van der Waals surface area contributed by atoms with Crippen LogP contribution in [0.25, 0.3) is 11.4 Å². The maximum Gasteiger partial charge on any atom is 0.251 e. The van der Waals surface area contributed by atoms with Crippen molar-refractivity contribution < 1.29 is 0 Å². The summed E-state index contributed by atoms with van der Waals surface area (Å²) in [5.74, 6) is 0.552. The van der Waals surface area contributed by atoms with Crippen LogP contribution in [0.15, 0.2) is 35.4 Å². The second kappa shape index (κ2) is 5.55. The number of aromatic amines is 1. The molecule has 0 bridgehead atoms. The van der Waals surface area contributed by atoms with E-state index in [0.29, 0.717) is 18.4 Å². The van der Waals surface area contributed by atoms with Crippen LogP contribution in [0.4, 0.5) is 0 Å². The molecule has 2 heterocycles. The van der Waals surface area contributed by atoms with Gasteiger partial charge in [0.25, 0.3) is 5.56 Å². The largest absolute Gasteiger partial charge is 0.309 e. The van der Waals surface area contributed by atoms with E-state index < -0.39 is 0 Å². The molecule has 0 saturated heterocycles. The van der Waals surface area contributed by atoms with Crippen LogP contribution in [0.1, 0.15) is 19.5 Å². The Kier molecular flexibility index (Phi) is 3.84. The van der Waals surface area contributed by atoms with Gasteiger partial charge in [-0.2, -0.15) is 0 Å². The van der Waals surface area contributed by atoms with Crippen molar-refractivity contribution in [2.45, 2.75) is 26.4 Å². The first kappa shape index (κ1) is 12.4. The Bertz CT molecular complexity index is 563. The van der Waals surface area contributed by atoms with E-state index in [1.54, 1.807) is 12.4 Å². The van der Waals surface area contributed by atoms with E-state index in [1.165, 1.54) is 6.07 Å². The van der Waals surface area contributed by atoms with Crippen molar-refractivity contribution in [1.82, 2.24) is 20.3 Å². The third-order valence-corrected chi connectivity index (χ3v) is 2.42. The third-order valence-electron chi connectivity index (χ3n) is 2.42. The molecule has 0 radical (unpaired) electrons. The van der Waals surface area contributed by atoms with Gasteiger partial charge >= 0.3 is 0 Å². The molecular formula is C13H16N4O. The second-order valence-corrected chi connectivity index (χ2v) is 4.36. The zero-order valence-corrected chi connectivity index (χ0v) is 10.5. The monoisotopic (exact) mass is 244 g/mol. The highest BCUT2D eigenvalue weighted by Gasteiger charge is 2.04. The summed E-state index contributed by atoms with van der Waals surface area (Å²) >= 11 is 0. The maximum absolute atomic E-state index is 11.6. The average molecular weight is 244 g/mol. The van der Waals surface area contributed by atoms with Gasteiger partial charge in [-0.3, -0.25) is 9.78 Å². The van der Waals surface area contributed by atoms with E-state index in [9.17, 15) is 4.79 Å². The van der Waals surface area contributed by atoms with E-state index >= 15 is 0 Å². The van der Waals surface area contributed by atoms with Crippen molar-refractivity contribution in [2.24, 2.45) is 0 Å². The number of hydrogen-bond donors (Lipinski definition) is 2. The van der Waals surface area contributed by atoms with Gasteiger partial charge in [-0.05, 0) is 12.1 Å². The highest BCUT2D eigenvalue weighted by molar-refractivity contribution is 5.52. The fraction of sp³-hybridized carbons (Fsp3) is 0.308. The number of aromatic nitrogens is 3. The minimum Gasteiger partial charge on any atom is -0.309 e. The Morgan fingerprint density at radius 3 is 2.94 bits per heavy atom. The Balaban J connectivity index is 2.30. The van der Waals surface area contributed by atoms with Gasteiger partial charge in [0.2, 0.25) is 0 Å². The van der Waals surface area contributed by atoms with Crippen molar-refractivity contribution in [3.05, 3.63) is 46.6 Å². The lowest BCUT2D eigenvalue weighted by Gasteiger charge is -2.08. The normalized spacial score (nSPS) is 10.8. The van der Waals surface area contributed by atoms with E-state index in [2.05, 4.69) is 34.1 Å². The number of nitrogens with zero attached hydrogens (tertiary/aromatic N) is 2. The molecule has 0 aliphatic rings. The molecule has 94 valence electrons. The quantitative estimate of drug-likeness (QED) is 0.851. The molecule has 2 rings (SSSR count). The molecule has 2 aromatic heterocycles. The van der Waals surface area contributed by atoms with Crippen LogP contribution in [-0.4, -0.2) is 21.0 Å². The van der Waals surface area contributed by atoms with Crippen LogP contribution in [0.2, 0.25) is 0 Å². The fourth-order valence-electron chi connectivity index (χ4n) is 1.55. The Morgan fingerprint density at radius 1 is 1.44 bits per heavy atom. The number of H-pyrrole nitrogens is 1. The zero-order chi connectivity index (χ0) is 13.0. The summed E-state index contributed by atoms with van der Waals surface area (Å²) in [7, 11) is 0. The summed E-state index contributed by atoms with van der Waals surface area (Å²) in [6, 6.07) is 5.54. The summed E-state index contributed by atoms with van der Waals surface area (Å²) in [5.41, 5.74) is 1.39. The topological polar surface area (TPSA) is 70.7 Å². The molecule has 0 saturated carbocycles. The second-order valence-electron chi connectivity index (χ2n) is 4.36. The van der Waals surface area contributed by atoms with Crippen LogP contribution in [0.3, 0.4) is 0 Å². The predicted octanol–water partition coefficient (Wildman–Crippen LogP) is 1.33. The lowest BCUT2D eigenvalue weighted by atomic mass is 10.2. The first-order chi connectivity index (χ1) is 8.65. The van der Waals surface area contributed by atoms with Crippen molar-refractivity contribution in [1.29, 1.82) is 0 Å². The van der Waals surface area contributed by atoms with Gasteiger partial charge in [-0.15, -0.1) is 0 Å². The molecule has 0 unspecified atom stereocenters. The highest BCUT2D eigenvalue weighted by atomic mass is 16.1. The Morgan fingerprint density at radius 2 is 2.28 bits per heavy atom. The van der Waals surface area contributed by atoms with Gasteiger partial charge in [0, 0.05) is 36.6 Å². The molecule has 0 fully saturated rings. The molecule has 0 amide bonds. The fourth-order valence-corrected chi connectivity index (χ4v) is 1.55. The van der Waals surface area contributed by atoms with Crippen molar-refractivity contribution in [3.8, 4) is 11.4 Å². The van der Waals surface area contributed by atoms with E-state index in [-0.39, 0.29) is 5.56 Å². The minimum absolute atomic E-state index is 0.149. The average Bonchev–Trinajstić information content (AvgIpc) is 2.37. The molecule has 0 spiro atoms. The van der Waals surface area contributed by atoms with Crippen LogP contribution >= 0.6 is 0 Å². The smallest absolute Gasteiger partial charge is 0.251 e. The van der Waals surface area contributed by atoms with Crippen molar-refractivity contribution >= 4 is 0 Å². The van der Waals surface area contributed by atoms with Crippen LogP contribution in [-0.2, 0) is 6.54 Å². The first-order valence-electron chi connectivity index (χ1n) is 5.89. The molecular weight excluding hydrogens is 228 g/mol. The van der Waals surface area contributed by atoms with E-state index in [4.69, 9.17) is 0 Å². The SMILES string of the molecule is CC(C)NCc1cc(=O)[nH]c(-c2cccnc2)n1. The Labute approximate surface area is 105 Å². The maximum atomic E-state index is 11.6. The number of rotatable bonds is 4. The highest BCUT2D eigenvalue weighted by Crippen LogP contribution is 2.10. The van der Waals surface area contributed by atoms with Gasteiger partial charge in [0.1, 0.15) is 5.82 Å². The first-order valence-corrected chi connectivity index (χ1v) is 5.89. The molecule has 18 heavy (non-hydrogen) atoms. The lowest BCUT2D eigenvalue weighted by Crippen LogP contribution is -2.24. The molecule has 5 nitrogen and oxygen atoms in total. The molecule has 5 heteroatoms. The molecule has 2 N–H and O–H groups in total. The predicted molar refractivity (Wildman–Crippen MR) is 70.1 cm³/mol. The molecule has 0 aliphatic heterocycles. The van der Waals surface area contributed by atoms with E-state index in [0.717, 1.165) is 11.3 Å². The van der Waals surface area contributed by atoms with Crippen LogP contribution in [0.5, 0.6) is 0 Å². The summed E-state index contributed by atoms with van der Waals surface area (Å²) in [5, 5.41) is 3.24. The molecule has 0 aromatic carbocycles. The summed E-state index contributed by atoms with van der Waals surface area (Å²) < 4.78 is 0. The molecule has 2 aromatic rings. The Hall–Kier alpha value is -2.01. The standard InChI is InChI=1S/C13H16N4O/c1-9(2)15-8-11-6-12(18)17-13(16-11)10-4-3-5-14-7-10/h3-7,9,15H,8H2,1-2H3,(H,16,17,18). The van der Waals surface area contributed by atoms with Gasteiger partial charge < -0.3 is 10.3 Å². The van der Waals surface area contributed by atoms with E-state index in [1.807, 2.05) is 12.1 Å². The lowest BCUT2D eigenvalue weighted by molar-refractivity contribution is 0.580. The summed E-state index contributed by atoms with van der Waals surface area (Å²) in [6.07, 6.45) is 3.36. The van der Waals surface area contributed by atoms with Crippen molar-refractivity contribution in [3.63, 3.8) is 0 Å². The molecule has 0 aliphatic carbocycles. The van der Waals surface area contributed by atoms with Gasteiger partial charge in [0.05, 0.1) is 5.69 Å². The third kappa shape index (κ3) is 3.24. The van der Waals surface area contributed by atoms with Crippen LogP contribution < -0.4 is 10.9 Å². The number of nitrogens with one attached hydrogen (secondary N) is 2.